The van der Waals surface area contributed by atoms with Crippen LogP contribution in [0.3, 0.4) is 0 Å². The van der Waals surface area contributed by atoms with E-state index in [0.29, 0.717) is 0 Å². The number of nitrogens with one attached hydrogen (secondary N) is 2. The molecule has 2 rings (SSSR count). The zero-order valence-electron chi connectivity index (χ0n) is 16.7. The first kappa shape index (κ1) is 22.8. The summed E-state index contributed by atoms with van der Waals surface area (Å²) < 4.78 is 32.0. The molecule has 0 unspecified atom stereocenters. The van der Waals surface area contributed by atoms with Crippen molar-refractivity contribution < 1.29 is 27.5 Å². The van der Waals surface area contributed by atoms with Crippen LogP contribution in [0.4, 0.5) is 0 Å². The summed E-state index contributed by atoms with van der Waals surface area (Å²) in [4.78, 5) is 36.1. The molecule has 1 aromatic carbocycles. The summed E-state index contributed by atoms with van der Waals surface area (Å²) in [7, 11) is -0.616. The molecule has 0 atom stereocenters. The number of fused-ring (bicyclic) bond motifs is 1. The van der Waals surface area contributed by atoms with Gasteiger partial charge in [0.1, 0.15) is 0 Å². The molecule has 0 aliphatic heterocycles. The highest BCUT2D eigenvalue weighted by atomic mass is 32.2. The Labute approximate surface area is 170 Å². The largest absolute Gasteiger partial charge is 0.456 e. The molecule has 2 amide bonds. The summed E-state index contributed by atoms with van der Waals surface area (Å²) in [5.74, 6) is -1.61. The lowest BCUT2D eigenvalue weighted by Gasteiger charge is -2.16. The van der Waals surface area contributed by atoms with Crippen molar-refractivity contribution in [3.05, 3.63) is 29.3 Å². The maximum absolute atomic E-state index is 12.4. The standard InChI is InChI=1S/C19H27N3O6S/c1-22(2)18(24)12-20-17(23)13-28-19(25)9-10-21-29(26,27)16-8-7-14-5-3-4-6-15(14)11-16/h7-8,11,21H,3-6,9-10,12-13H2,1-2H3,(H,20,23). The van der Waals surface area contributed by atoms with Gasteiger partial charge in [0.2, 0.25) is 15.9 Å². The van der Waals surface area contributed by atoms with Crippen molar-refractivity contribution in [3.63, 3.8) is 0 Å². The van der Waals surface area contributed by atoms with E-state index in [9.17, 15) is 22.8 Å². The summed E-state index contributed by atoms with van der Waals surface area (Å²) in [6.07, 6.45) is 3.78. The molecule has 0 saturated carbocycles. The maximum atomic E-state index is 12.4. The Kier molecular flexibility index (Phi) is 8.15. The molecule has 29 heavy (non-hydrogen) atoms. The highest BCUT2D eigenvalue weighted by Crippen LogP contribution is 2.23. The first-order valence-electron chi connectivity index (χ1n) is 9.43. The van der Waals surface area contributed by atoms with Crippen LogP contribution in [0, 0.1) is 0 Å². The molecule has 0 aromatic heterocycles. The summed E-state index contributed by atoms with van der Waals surface area (Å²) in [5.41, 5.74) is 2.24. The first-order chi connectivity index (χ1) is 13.7. The Bertz CT molecular complexity index is 867. The van der Waals surface area contributed by atoms with Crippen LogP contribution < -0.4 is 10.0 Å². The molecule has 1 aliphatic carbocycles. The number of likely N-dealkylation sites (N-methyl/N-ethyl adjacent to an activating group) is 1. The van der Waals surface area contributed by atoms with E-state index in [1.807, 2.05) is 6.07 Å². The summed E-state index contributed by atoms with van der Waals surface area (Å²) in [5, 5.41) is 2.33. The second-order valence-electron chi connectivity index (χ2n) is 7.01. The van der Waals surface area contributed by atoms with Crippen LogP contribution in [0.1, 0.15) is 30.4 Å². The SMILES string of the molecule is CN(C)C(=O)CNC(=O)COC(=O)CCNS(=O)(=O)c1ccc2c(c1)CCCC2. The number of amides is 2. The highest BCUT2D eigenvalue weighted by Gasteiger charge is 2.18. The second-order valence-corrected chi connectivity index (χ2v) is 8.78. The number of aryl methyl sites for hydroxylation is 2. The number of hydrogen-bond acceptors (Lipinski definition) is 6. The van der Waals surface area contributed by atoms with Crippen molar-refractivity contribution >= 4 is 27.8 Å². The number of carbonyl (C=O) groups excluding carboxylic acids is 3. The van der Waals surface area contributed by atoms with Gasteiger partial charge in [0, 0.05) is 20.6 Å². The summed E-state index contributed by atoms with van der Waals surface area (Å²) >= 11 is 0. The number of sulfonamides is 1. The van der Waals surface area contributed by atoms with Crippen molar-refractivity contribution in [1.82, 2.24) is 14.9 Å². The second kappa shape index (κ2) is 10.4. The molecule has 160 valence electrons. The lowest BCUT2D eigenvalue weighted by molar-refractivity contribution is -0.148. The number of ether oxygens (including phenoxy) is 1. The van der Waals surface area contributed by atoms with Gasteiger partial charge in [-0.3, -0.25) is 14.4 Å². The molecule has 2 N–H and O–H groups in total. The topological polar surface area (TPSA) is 122 Å². The molecule has 9 nitrogen and oxygen atoms in total. The van der Waals surface area contributed by atoms with E-state index >= 15 is 0 Å². The third-order valence-corrected chi connectivity index (χ3v) is 6.01. The van der Waals surface area contributed by atoms with Crippen LogP contribution >= 0.6 is 0 Å². The number of esters is 1. The van der Waals surface area contributed by atoms with Gasteiger partial charge in [-0.05, 0) is 48.9 Å². The zero-order valence-corrected chi connectivity index (χ0v) is 17.5. The average molecular weight is 426 g/mol. The van der Waals surface area contributed by atoms with Crippen molar-refractivity contribution in [2.75, 3.05) is 33.8 Å². The van der Waals surface area contributed by atoms with E-state index in [-0.39, 0.29) is 30.3 Å². The Morgan fingerprint density at radius 3 is 2.48 bits per heavy atom. The van der Waals surface area contributed by atoms with Crippen molar-refractivity contribution in [2.45, 2.75) is 37.0 Å². The van der Waals surface area contributed by atoms with E-state index in [0.717, 1.165) is 31.2 Å². The Hall–Kier alpha value is -2.46. The minimum atomic E-state index is -3.73. The van der Waals surface area contributed by atoms with Gasteiger partial charge in [-0.15, -0.1) is 0 Å². The minimum absolute atomic E-state index is 0.140. The molecule has 0 radical (unpaired) electrons. The van der Waals surface area contributed by atoms with Gasteiger partial charge in [0.15, 0.2) is 6.61 Å². The van der Waals surface area contributed by atoms with Crippen molar-refractivity contribution in [2.24, 2.45) is 0 Å². The molecule has 0 fully saturated rings. The van der Waals surface area contributed by atoms with Gasteiger partial charge in [-0.1, -0.05) is 6.07 Å². The fourth-order valence-corrected chi connectivity index (χ4v) is 3.93. The van der Waals surface area contributed by atoms with Gasteiger partial charge >= 0.3 is 5.97 Å². The molecule has 0 heterocycles. The monoisotopic (exact) mass is 425 g/mol. The fraction of sp³-hybridized carbons (Fsp3) is 0.526. The van der Waals surface area contributed by atoms with E-state index in [1.54, 1.807) is 26.2 Å². The van der Waals surface area contributed by atoms with Gasteiger partial charge in [-0.25, -0.2) is 13.1 Å². The Balaban J connectivity index is 1.73. The number of hydrogen-bond donors (Lipinski definition) is 2. The lowest BCUT2D eigenvalue weighted by atomic mass is 9.92. The molecule has 10 heteroatoms. The molecule has 1 aromatic rings. The minimum Gasteiger partial charge on any atom is -0.456 e. The molecular weight excluding hydrogens is 398 g/mol. The molecular formula is C19H27N3O6S. The number of benzene rings is 1. The van der Waals surface area contributed by atoms with Crippen LogP contribution in [0.5, 0.6) is 0 Å². The van der Waals surface area contributed by atoms with Gasteiger partial charge in [0.25, 0.3) is 5.91 Å². The normalized spacial score (nSPS) is 13.3. The quantitative estimate of drug-likeness (QED) is 0.537. The number of nitrogens with zero attached hydrogens (tertiary/aromatic N) is 1. The third kappa shape index (κ3) is 7.13. The number of rotatable bonds is 9. The smallest absolute Gasteiger partial charge is 0.307 e. The Morgan fingerprint density at radius 2 is 1.79 bits per heavy atom. The first-order valence-corrected chi connectivity index (χ1v) is 10.9. The molecule has 1 aliphatic rings. The zero-order chi connectivity index (χ0) is 21.4. The van der Waals surface area contributed by atoms with E-state index in [2.05, 4.69) is 10.0 Å². The van der Waals surface area contributed by atoms with Crippen LogP contribution in [0.2, 0.25) is 0 Å². The lowest BCUT2D eigenvalue weighted by Crippen LogP contribution is -2.38. The molecule has 0 bridgehead atoms. The maximum Gasteiger partial charge on any atom is 0.307 e. The van der Waals surface area contributed by atoms with Crippen LogP contribution in [0.15, 0.2) is 23.1 Å². The van der Waals surface area contributed by atoms with E-state index in [1.165, 1.54) is 10.5 Å². The highest BCUT2D eigenvalue weighted by molar-refractivity contribution is 7.89. The van der Waals surface area contributed by atoms with E-state index < -0.39 is 28.5 Å². The van der Waals surface area contributed by atoms with Crippen molar-refractivity contribution in [1.29, 1.82) is 0 Å². The molecule has 0 spiro atoms. The van der Waals surface area contributed by atoms with Crippen LogP contribution in [-0.2, 0) is 42.0 Å². The van der Waals surface area contributed by atoms with E-state index in [4.69, 9.17) is 4.74 Å². The van der Waals surface area contributed by atoms with Crippen LogP contribution in [-0.4, -0.2) is 64.9 Å². The van der Waals surface area contributed by atoms with Gasteiger partial charge in [0.05, 0.1) is 17.9 Å². The fourth-order valence-electron chi connectivity index (χ4n) is 2.85. The number of carbonyl (C=O) groups is 3. The predicted molar refractivity (Wildman–Crippen MR) is 106 cm³/mol. The Morgan fingerprint density at radius 1 is 1.10 bits per heavy atom. The van der Waals surface area contributed by atoms with Gasteiger partial charge < -0.3 is 15.0 Å². The summed E-state index contributed by atoms with van der Waals surface area (Å²) in [6.45, 7) is -0.861. The third-order valence-electron chi connectivity index (χ3n) is 4.55. The van der Waals surface area contributed by atoms with Crippen molar-refractivity contribution in [3.8, 4) is 0 Å². The predicted octanol–water partition coefficient (Wildman–Crippen LogP) is -0.0186. The van der Waals surface area contributed by atoms with Crippen LogP contribution in [0.25, 0.3) is 0 Å². The summed E-state index contributed by atoms with van der Waals surface area (Å²) in [6, 6.07) is 5.11. The van der Waals surface area contributed by atoms with Gasteiger partial charge in [-0.2, -0.15) is 0 Å². The average Bonchev–Trinajstić information content (AvgIpc) is 2.69. The molecule has 0 saturated heterocycles.